The summed E-state index contributed by atoms with van der Waals surface area (Å²) in [5.41, 5.74) is 7.50. The second-order valence-corrected chi connectivity index (χ2v) is 5.95. The van der Waals surface area contributed by atoms with Crippen LogP contribution in [0.15, 0.2) is 40.9 Å². The summed E-state index contributed by atoms with van der Waals surface area (Å²) in [5.74, 6) is 0.771. The molecule has 0 saturated heterocycles. The Kier molecular flexibility index (Phi) is 5.73. The average molecular weight is 375 g/mol. The Morgan fingerprint density at radius 3 is 2.45 bits per heavy atom. The zero-order chi connectivity index (χ0) is 14.5. The number of hydrogen-bond donors (Lipinski definition) is 1. The van der Waals surface area contributed by atoms with E-state index >= 15 is 0 Å². The van der Waals surface area contributed by atoms with Crippen LogP contribution in [-0.4, -0.2) is 6.54 Å². The predicted octanol–water partition coefficient (Wildman–Crippen LogP) is 4.84. The molecule has 20 heavy (non-hydrogen) atoms. The standard InChI is InChI=1S/C15H14BrCl2NO/c16-13-5-4-11(8-10(13)6-7-19)20-9-12-14(17)2-1-3-15(12)18/h1-5,8H,6-7,9,19H2. The van der Waals surface area contributed by atoms with Gasteiger partial charge in [0.2, 0.25) is 0 Å². The summed E-state index contributed by atoms with van der Waals surface area (Å²) in [4.78, 5) is 0. The first kappa shape index (κ1) is 15.6. The largest absolute Gasteiger partial charge is 0.489 e. The van der Waals surface area contributed by atoms with E-state index in [1.165, 1.54) is 0 Å². The molecule has 0 saturated carbocycles. The van der Waals surface area contributed by atoms with E-state index in [0.29, 0.717) is 23.2 Å². The third-order valence-corrected chi connectivity index (χ3v) is 4.36. The fourth-order valence-corrected chi connectivity index (χ4v) is 2.77. The Morgan fingerprint density at radius 2 is 1.80 bits per heavy atom. The number of ether oxygens (including phenoxy) is 1. The van der Waals surface area contributed by atoms with E-state index in [1.807, 2.05) is 24.3 Å². The summed E-state index contributed by atoms with van der Waals surface area (Å²) in [6, 6.07) is 11.2. The molecule has 0 fully saturated rings. The van der Waals surface area contributed by atoms with Gasteiger partial charge >= 0.3 is 0 Å². The molecule has 0 aliphatic carbocycles. The van der Waals surface area contributed by atoms with Crippen molar-refractivity contribution in [2.75, 3.05) is 6.54 Å². The number of nitrogens with two attached hydrogens (primary N) is 1. The molecular weight excluding hydrogens is 361 g/mol. The van der Waals surface area contributed by atoms with Gasteiger partial charge in [-0.05, 0) is 48.9 Å². The van der Waals surface area contributed by atoms with E-state index in [2.05, 4.69) is 15.9 Å². The molecule has 2 aromatic carbocycles. The molecule has 2 N–H and O–H groups in total. The molecule has 2 aromatic rings. The third-order valence-electron chi connectivity index (χ3n) is 2.88. The Bertz CT molecular complexity index is 584. The topological polar surface area (TPSA) is 35.2 Å². The fraction of sp³-hybridized carbons (Fsp3) is 0.200. The van der Waals surface area contributed by atoms with Crippen LogP contribution in [0.3, 0.4) is 0 Å². The lowest BCUT2D eigenvalue weighted by atomic mass is 10.1. The highest BCUT2D eigenvalue weighted by atomic mass is 79.9. The van der Waals surface area contributed by atoms with Gasteiger partial charge in [-0.3, -0.25) is 0 Å². The van der Waals surface area contributed by atoms with Gasteiger partial charge in [0.25, 0.3) is 0 Å². The van der Waals surface area contributed by atoms with Crippen LogP contribution in [0.2, 0.25) is 10.0 Å². The van der Waals surface area contributed by atoms with Crippen molar-refractivity contribution in [1.29, 1.82) is 0 Å². The van der Waals surface area contributed by atoms with E-state index in [-0.39, 0.29) is 0 Å². The maximum absolute atomic E-state index is 6.11. The van der Waals surface area contributed by atoms with Gasteiger partial charge in [-0.2, -0.15) is 0 Å². The van der Waals surface area contributed by atoms with Gasteiger partial charge < -0.3 is 10.5 Å². The van der Waals surface area contributed by atoms with E-state index in [0.717, 1.165) is 27.8 Å². The molecule has 2 nitrogen and oxygen atoms in total. The smallest absolute Gasteiger partial charge is 0.120 e. The van der Waals surface area contributed by atoms with Crippen molar-refractivity contribution >= 4 is 39.1 Å². The Balaban J connectivity index is 2.13. The minimum atomic E-state index is 0.336. The number of halogens is 3. The van der Waals surface area contributed by atoms with Crippen LogP contribution in [0.1, 0.15) is 11.1 Å². The van der Waals surface area contributed by atoms with E-state index in [1.54, 1.807) is 12.1 Å². The van der Waals surface area contributed by atoms with Crippen LogP contribution in [0.25, 0.3) is 0 Å². The minimum Gasteiger partial charge on any atom is -0.489 e. The second-order valence-electron chi connectivity index (χ2n) is 4.28. The van der Waals surface area contributed by atoms with Crippen LogP contribution >= 0.6 is 39.1 Å². The normalized spacial score (nSPS) is 10.6. The molecule has 106 valence electrons. The maximum Gasteiger partial charge on any atom is 0.120 e. The SMILES string of the molecule is NCCc1cc(OCc2c(Cl)cccc2Cl)ccc1Br. The van der Waals surface area contributed by atoms with Crippen molar-refractivity contribution < 1.29 is 4.74 Å². The molecule has 0 aliphatic rings. The van der Waals surface area contributed by atoms with Gasteiger partial charge in [-0.15, -0.1) is 0 Å². The van der Waals surface area contributed by atoms with Gasteiger partial charge in [0.15, 0.2) is 0 Å². The van der Waals surface area contributed by atoms with Crippen LogP contribution in [0.5, 0.6) is 5.75 Å². The summed E-state index contributed by atoms with van der Waals surface area (Å²) < 4.78 is 6.80. The molecule has 5 heteroatoms. The molecule has 0 atom stereocenters. The highest BCUT2D eigenvalue weighted by Crippen LogP contribution is 2.27. The first-order valence-electron chi connectivity index (χ1n) is 6.16. The molecule has 2 rings (SSSR count). The summed E-state index contributed by atoms with van der Waals surface area (Å²) in [5, 5.41) is 1.22. The van der Waals surface area contributed by atoms with Crippen LogP contribution in [-0.2, 0) is 13.0 Å². The van der Waals surface area contributed by atoms with E-state index < -0.39 is 0 Å². The van der Waals surface area contributed by atoms with Crippen molar-refractivity contribution in [1.82, 2.24) is 0 Å². The lowest BCUT2D eigenvalue weighted by molar-refractivity contribution is 0.306. The Morgan fingerprint density at radius 1 is 1.10 bits per heavy atom. The van der Waals surface area contributed by atoms with Crippen molar-refractivity contribution in [3.05, 3.63) is 62.0 Å². The molecule has 0 heterocycles. The van der Waals surface area contributed by atoms with Crippen molar-refractivity contribution in [3.63, 3.8) is 0 Å². The highest BCUT2D eigenvalue weighted by Gasteiger charge is 2.07. The van der Waals surface area contributed by atoms with Crippen molar-refractivity contribution in [3.8, 4) is 5.75 Å². The molecule has 0 aliphatic heterocycles. The van der Waals surface area contributed by atoms with Crippen LogP contribution in [0.4, 0.5) is 0 Å². The fourth-order valence-electron chi connectivity index (χ4n) is 1.81. The zero-order valence-corrected chi connectivity index (χ0v) is 13.8. The van der Waals surface area contributed by atoms with Gasteiger partial charge in [0, 0.05) is 20.1 Å². The van der Waals surface area contributed by atoms with Crippen LogP contribution in [0, 0.1) is 0 Å². The molecule has 0 spiro atoms. The molecule has 0 radical (unpaired) electrons. The number of benzene rings is 2. The lowest BCUT2D eigenvalue weighted by Gasteiger charge is -2.11. The van der Waals surface area contributed by atoms with Gasteiger partial charge in [-0.25, -0.2) is 0 Å². The monoisotopic (exact) mass is 373 g/mol. The quantitative estimate of drug-likeness (QED) is 0.812. The number of rotatable bonds is 5. The van der Waals surface area contributed by atoms with Gasteiger partial charge in [0.05, 0.1) is 0 Å². The molecule has 0 unspecified atom stereocenters. The third kappa shape index (κ3) is 3.89. The first-order valence-corrected chi connectivity index (χ1v) is 7.71. The predicted molar refractivity (Wildman–Crippen MR) is 87.7 cm³/mol. The molecule has 0 aromatic heterocycles. The molecular formula is C15H14BrCl2NO. The number of hydrogen-bond acceptors (Lipinski definition) is 2. The van der Waals surface area contributed by atoms with Gasteiger partial charge in [-0.1, -0.05) is 45.2 Å². The second kappa shape index (κ2) is 7.32. The summed E-state index contributed by atoms with van der Waals surface area (Å²) in [6.45, 7) is 0.931. The minimum absolute atomic E-state index is 0.336. The highest BCUT2D eigenvalue weighted by molar-refractivity contribution is 9.10. The summed E-state index contributed by atoms with van der Waals surface area (Å²) in [7, 11) is 0. The maximum atomic E-state index is 6.11. The van der Waals surface area contributed by atoms with Crippen LogP contribution < -0.4 is 10.5 Å². The average Bonchev–Trinajstić information content (AvgIpc) is 2.42. The summed E-state index contributed by atoms with van der Waals surface area (Å²) >= 11 is 15.7. The molecule has 0 amide bonds. The zero-order valence-electron chi connectivity index (χ0n) is 10.7. The summed E-state index contributed by atoms with van der Waals surface area (Å²) in [6.07, 6.45) is 0.796. The van der Waals surface area contributed by atoms with Crippen molar-refractivity contribution in [2.24, 2.45) is 5.73 Å². The van der Waals surface area contributed by atoms with E-state index in [9.17, 15) is 0 Å². The molecule has 0 bridgehead atoms. The Labute approximate surface area is 137 Å². The lowest BCUT2D eigenvalue weighted by Crippen LogP contribution is -2.04. The van der Waals surface area contributed by atoms with Gasteiger partial charge in [0.1, 0.15) is 12.4 Å². The Hall–Kier alpha value is -0.740. The van der Waals surface area contributed by atoms with Crippen molar-refractivity contribution in [2.45, 2.75) is 13.0 Å². The first-order chi connectivity index (χ1) is 9.61. The van der Waals surface area contributed by atoms with E-state index in [4.69, 9.17) is 33.7 Å².